The highest BCUT2D eigenvalue weighted by molar-refractivity contribution is 6.06. The Morgan fingerprint density at radius 2 is 2.09 bits per heavy atom. The number of anilines is 1. The molecule has 116 valence electrons. The highest BCUT2D eigenvalue weighted by Crippen LogP contribution is 2.40. The molecule has 5 nitrogen and oxygen atoms in total. The molecule has 23 heavy (non-hydrogen) atoms. The van der Waals surface area contributed by atoms with Crippen LogP contribution in [0, 0.1) is 6.92 Å². The predicted octanol–water partition coefficient (Wildman–Crippen LogP) is 3.41. The van der Waals surface area contributed by atoms with Gasteiger partial charge in [0.05, 0.1) is 11.0 Å². The quantitative estimate of drug-likeness (QED) is 0.806. The Morgan fingerprint density at radius 1 is 1.26 bits per heavy atom. The number of pyridine rings is 1. The predicted molar refractivity (Wildman–Crippen MR) is 89.6 cm³/mol. The first-order valence-electron chi connectivity index (χ1n) is 7.82. The number of hydrogen-bond acceptors (Lipinski definition) is 3. The molecule has 1 aliphatic carbocycles. The smallest absolute Gasteiger partial charge is 0.255 e. The number of hydrogen-bond donors (Lipinski definition) is 1. The molecular weight excluding hydrogens is 288 g/mol. The van der Waals surface area contributed by atoms with Gasteiger partial charge in [0.25, 0.3) is 5.91 Å². The normalized spacial score (nSPS) is 14.2. The molecule has 0 aliphatic heterocycles. The Kier molecular flexibility index (Phi) is 3.15. The first-order chi connectivity index (χ1) is 11.1. The molecule has 1 aliphatic rings. The number of aromatic nitrogens is 3. The maximum absolute atomic E-state index is 12.4. The van der Waals surface area contributed by atoms with E-state index >= 15 is 0 Å². The van der Waals surface area contributed by atoms with Crippen molar-refractivity contribution in [2.75, 3.05) is 5.32 Å². The van der Waals surface area contributed by atoms with Crippen LogP contribution in [0.3, 0.4) is 0 Å². The number of carbonyl (C=O) groups is 1. The van der Waals surface area contributed by atoms with Crippen molar-refractivity contribution >= 4 is 22.6 Å². The number of nitrogens with zero attached hydrogens (tertiary/aromatic N) is 3. The number of carbonyl (C=O) groups excluding carboxylic acids is 1. The van der Waals surface area contributed by atoms with E-state index < -0.39 is 0 Å². The number of imidazole rings is 1. The van der Waals surface area contributed by atoms with Gasteiger partial charge in [0.1, 0.15) is 5.82 Å². The van der Waals surface area contributed by atoms with E-state index in [1.54, 1.807) is 12.3 Å². The average molecular weight is 306 g/mol. The first-order valence-corrected chi connectivity index (χ1v) is 7.82. The third-order valence-corrected chi connectivity index (χ3v) is 4.27. The lowest BCUT2D eigenvalue weighted by Crippen LogP contribution is -2.12. The van der Waals surface area contributed by atoms with Crippen LogP contribution in [0.15, 0.2) is 36.5 Å². The van der Waals surface area contributed by atoms with Crippen LogP contribution >= 0.6 is 0 Å². The summed E-state index contributed by atoms with van der Waals surface area (Å²) >= 11 is 0. The Morgan fingerprint density at radius 3 is 2.83 bits per heavy atom. The second kappa shape index (κ2) is 5.19. The van der Waals surface area contributed by atoms with E-state index in [9.17, 15) is 4.79 Å². The zero-order valence-corrected chi connectivity index (χ0v) is 13.2. The maximum atomic E-state index is 12.4. The number of benzene rings is 1. The average Bonchev–Trinajstić information content (AvgIpc) is 3.32. The Bertz CT molecular complexity index is 909. The molecule has 0 spiro atoms. The van der Waals surface area contributed by atoms with Gasteiger partial charge in [-0.3, -0.25) is 9.78 Å². The van der Waals surface area contributed by atoms with Gasteiger partial charge in [0.15, 0.2) is 0 Å². The summed E-state index contributed by atoms with van der Waals surface area (Å²) in [6.45, 7) is 1.90. The van der Waals surface area contributed by atoms with Gasteiger partial charge >= 0.3 is 0 Å². The molecule has 0 radical (unpaired) electrons. The van der Waals surface area contributed by atoms with Crippen LogP contribution in [0.1, 0.15) is 40.6 Å². The molecule has 5 heteroatoms. The van der Waals surface area contributed by atoms with Crippen molar-refractivity contribution in [1.29, 1.82) is 0 Å². The van der Waals surface area contributed by atoms with Gasteiger partial charge in [0, 0.05) is 36.1 Å². The summed E-state index contributed by atoms with van der Waals surface area (Å²) in [6.07, 6.45) is 4.12. The molecule has 1 amide bonds. The van der Waals surface area contributed by atoms with Crippen molar-refractivity contribution in [1.82, 2.24) is 14.5 Å². The molecule has 0 atom stereocenters. The van der Waals surface area contributed by atoms with Crippen molar-refractivity contribution in [2.45, 2.75) is 25.7 Å². The lowest BCUT2D eigenvalue weighted by atomic mass is 10.2. The number of rotatable bonds is 3. The van der Waals surface area contributed by atoms with Crippen LogP contribution in [0.4, 0.5) is 5.69 Å². The van der Waals surface area contributed by atoms with Crippen molar-refractivity contribution in [3.63, 3.8) is 0 Å². The molecule has 3 aromatic rings. The molecular formula is C18H18N4O. The van der Waals surface area contributed by atoms with Gasteiger partial charge in [-0.1, -0.05) is 0 Å². The zero-order chi connectivity index (χ0) is 16.0. The second-order valence-corrected chi connectivity index (χ2v) is 6.15. The van der Waals surface area contributed by atoms with Gasteiger partial charge in [-0.25, -0.2) is 4.98 Å². The van der Waals surface area contributed by atoms with E-state index in [-0.39, 0.29) is 5.91 Å². The van der Waals surface area contributed by atoms with E-state index in [1.807, 2.05) is 38.2 Å². The molecule has 0 saturated heterocycles. The third kappa shape index (κ3) is 2.59. The van der Waals surface area contributed by atoms with Crippen LogP contribution in [0.25, 0.3) is 11.0 Å². The van der Waals surface area contributed by atoms with E-state index in [4.69, 9.17) is 4.98 Å². The molecule has 1 aromatic carbocycles. The molecule has 1 N–H and O–H groups in total. The lowest BCUT2D eigenvalue weighted by molar-refractivity contribution is 0.102. The van der Waals surface area contributed by atoms with E-state index in [1.165, 1.54) is 12.8 Å². The molecule has 2 aromatic heterocycles. The monoisotopic (exact) mass is 306 g/mol. The van der Waals surface area contributed by atoms with Crippen molar-refractivity contribution < 1.29 is 4.79 Å². The van der Waals surface area contributed by atoms with E-state index in [2.05, 4.69) is 14.9 Å². The summed E-state index contributed by atoms with van der Waals surface area (Å²) < 4.78 is 2.14. The number of aryl methyl sites for hydroxylation is 2. The lowest BCUT2D eigenvalue weighted by Gasteiger charge is -2.06. The fourth-order valence-electron chi connectivity index (χ4n) is 2.89. The highest BCUT2D eigenvalue weighted by Gasteiger charge is 2.28. The van der Waals surface area contributed by atoms with Crippen molar-refractivity contribution in [2.24, 2.45) is 7.05 Å². The fraction of sp³-hybridized carbons (Fsp3) is 0.278. The minimum absolute atomic E-state index is 0.129. The van der Waals surface area contributed by atoms with Crippen molar-refractivity contribution in [3.8, 4) is 0 Å². The first kappa shape index (κ1) is 13.9. The standard InChI is InChI=1S/C18H18N4O/c1-11-9-14(7-8-19-11)20-18(23)13-5-6-16-15(10-13)21-17(22(16)2)12-3-4-12/h5-10,12H,3-4H2,1-2H3,(H,19,20,23). The summed E-state index contributed by atoms with van der Waals surface area (Å²) in [5.74, 6) is 1.59. The van der Waals surface area contributed by atoms with Crippen LogP contribution in [0.2, 0.25) is 0 Å². The Hall–Kier alpha value is -2.69. The Labute approximate surface area is 134 Å². The highest BCUT2D eigenvalue weighted by atomic mass is 16.1. The maximum Gasteiger partial charge on any atom is 0.255 e. The molecule has 1 saturated carbocycles. The second-order valence-electron chi connectivity index (χ2n) is 6.15. The van der Waals surface area contributed by atoms with Crippen molar-refractivity contribution in [3.05, 3.63) is 53.6 Å². The minimum atomic E-state index is -0.129. The molecule has 2 heterocycles. The van der Waals surface area contributed by atoms with Gasteiger partial charge in [-0.2, -0.15) is 0 Å². The van der Waals surface area contributed by atoms with Crippen LogP contribution in [0.5, 0.6) is 0 Å². The third-order valence-electron chi connectivity index (χ3n) is 4.27. The van der Waals surface area contributed by atoms with Gasteiger partial charge in [0.2, 0.25) is 0 Å². The summed E-state index contributed by atoms with van der Waals surface area (Å²) in [5, 5.41) is 2.91. The summed E-state index contributed by atoms with van der Waals surface area (Å²) in [4.78, 5) is 21.3. The molecule has 0 unspecified atom stereocenters. The molecule has 1 fully saturated rings. The van der Waals surface area contributed by atoms with Crippen LogP contribution in [-0.4, -0.2) is 20.4 Å². The zero-order valence-electron chi connectivity index (χ0n) is 13.2. The van der Waals surface area contributed by atoms with Crippen LogP contribution in [-0.2, 0) is 7.05 Å². The summed E-state index contributed by atoms with van der Waals surface area (Å²) in [7, 11) is 2.04. The van der Waals surface area contributed by atoms with E-state index in [0.717, 1.165) is 28.2 Å². The largest absolute Gasteiger partial charge is 0.331 e. The fourth-order valence-corrected chi connectivity index (χ4v) is 2.89. The molecule has 4 rings (SSSR count). The summed E-state index contributed by atoms with van der Waals surface area (Å²) in [5.41, 5.74) is 4.20. The molecule has 0 bridgehead atoms. The topological polar surface area (TPSA) is 59.8 Å². The van der Waals surface area contributed by atoms with Gasteiger partial charge in [-0.05, 0) is 50.1 Å². The van der Waals surface area contributed by atoms with Gasteiger partial charge < -0.3 is 9.88 Å². The van der Waals surface area contributed by atoms with Crippen LogP contribution < -0.4 is 5.32 Å². The summed E-state index contributed by atoms with van der Waals surface area (Å²) in [6, 6.07) is 9.33. The number of nitrogens with one attached hydrogen (secondary N) is 1. The minimum Gasteiger partial charge on any atom is -0.331 e. The van der Waals surface area contributed by atoms with E-state index in [0.29, 0.717) is 11.5 Å². The van der Waals surface area contributed by atoms with Gasteiger partial charge in [-0.15, -0.1) is 0 Å². The SMILES string of the molecule is Cc1cc(NC(=O)c2ccc3c(c2)nc(C2CC2)n3C)ccn1. The number of amides is 1. The Balaban J connectivity index is 1.64. The number of fused-ring (bicyclic) bond motifs is 1.